The maximum Gasteiger partial charge on any atom is 0.354 e. The van der Waals surface area contributed by atoms with Gasteiger partial charge in [0, 0.05) is 13.1 Å². The topological polar surface area (TPSA) is 79.5 Å². The van der Waals surface area contributed by atoms with Gasteiger partial charge in [0.2, 0.25) is 0 Å². The van der Waals surface area contributed by atoms with Crippen LogP contribution >= 0.6 is 0 Å². The second kappa shape index (κ2) is 5.52. The molecule has 0 aliphatic carbocycles. The SMILES string of the molecule is CCN(CC(C)C)c1nc(C(=O)O)ccc1N. The van der Waals surface area contributed by atoms with Gasteiger partial charge in [0.05, 0.1) is 5.69 Å². The minimum atomic E-state index is -1.04. The summed E-state index contributed by atoms with van der Waals surface area (Å²) in [5.41, 5.74) is 6.38. The Balaban J connectivity index is 3.08. The summed E-state index contributed by atoms with van der Waals surface area (Å²) in [6.45, 7) is 7.74. The Labute approximate surface area is 101 Å². The van der Waals surface area contributed by atoms with Crippen LogP contribution < -0.4 is 10.6 Å². The van der Waals surface area contributed by atoms with Crippen LogP contribution in [-0.2, 0) is 0 Å². The normalized spacial score (nSPS) is 10.6. The van der Waals surface area contributed by atoms with Gasteiger partial charge in [-0.3, -0.25) is 0 Å². The van der Waals surface area contributed by atoms with E-state index in [2.05, 4.69) is 18.8 Å². The quantitative estimate of drug-likeness (QED) is 0.817. The number of carboxylic acids is 1. The molecule has 0 radical (unpaired) electrons. The van der Waals surface area contributed by atoms with Crippen molar-refractivity contribution >= 4 is 17.5 Å². The first-order valence-electron chi connectivity index (χ1n) is 5.70. The molecule has 1 aromatic heterocycles. The van der Waals surface area contributed by atoms with Gasteiger partial charge in [0.25, 0.3) is 0 Å². The van der Waals surface area contributed by atoms with Crippen LogP contribution in [0.25, 0.3) is 0 Å². The molecule has 1 heterocycles. The predicted molar refractivity (Wildman–Crippen MR) is 68.3 cm³/mol. The van der Waals surface area contributed by atoms with Crippen LogP contribution in [0.5, 0.6) is 0 Å². The fraction of sp³-hybridized carbons (Fsp3) is 0.500. The summed E-state index contributed by atoms with van der Waals surface area (Å²) in [4.78, 5) is 17.0. The molecule has 1 aromatic rings. The van der Waals surface area contributed by atoms with Crippen molar-refractivity contribution in [3.05, 3.63) is 17.8 Å². The number of rotatable bonds is 5. The van der Waals surface area contributed by atoms with Crippen molar-refractivity contribution < 1.29 is 9.90 Å². The molecule has 3 N–H and O–H groups in total. The van der Waals surface area contributed by atoms with Gasteiger partial charge in [0.15, 0.2) is 11.5 Å². The first kappa shape index (κ1) is 13.3. The largest absolute Gasteiger partial charge is 0.477 e. The van der Waals surface area contributed by atoms with Gasteiger partial charge in [-0.05, 0) is 25.0 Å². The van der Waals surface area contributed by atoms with Gasteiger partial charge in [-0.1, -0.05) is 13.8 Å². The smallest absolute Gasteiger partial charge is 0.354 e. The average molecular weight is 237 g/mol. The number of hydrogen-bond donors (Lipinski definition) is 2. The highest BCUT2D eigenvalue weighted by Crippen LogP contribution is 2.21. The molecular weight excluding hydrogens is 218 g/mol. The van der Waals surface area contributed by atoms with Crippen molar-refractivity contribution in [2.45, 2.75) is 20.8 Å². The summed E-state index contributed by atoms with van der Waals surface area (Å²) >= 11 is 0. The molecule has 5 heteroatoms. The molecule has 94 valence electrons. The summed E-state index contributed by atoms with van der Waals surface area (Å²) in [6, 6.07) is 3.01. The molecule has 0 atom stereocenters. The second-order valence-electron chi connectivity index (χ2n) is 4.35. The van der Waals surface area contributed by atoms with Crippen LogP contribution in [0.3, 0.4) is 0 Å². The number of aromatic nitrogens is 1. The van der Waals surface area contributed by atoms with E-state index in [0.29, 0.717) is 17.4 Å². The van der Waals surface area contributed by atoms with Crippen LogP contribution in [0.15, 0.2) is 12.1 Å². The number of nitrogens with two attached hydrogens (primary N) is 1. The third-order valence-electron chi connectivity index (χ3n) is 2.39. The fourth-order valence-electron chi connectivity index (χ4n) is 1.64. The first-order chi connectivity index (χ1) is 7.95. The molecule has 1 rings (SSSR count). The number of carbonyl (C=O) groups is 1. The van der Waals surface area contributed by atoms with E-state index in [1.807, 2.05) is 11.8 Å². The van der Waals surface area contributed by atoms with Crippen molar-refractivity contribution in [3.8, 4) is 0 Å². The Morgan fingerprint density at radius 3 is 2.65 bits per heavy atom. The van der Waals surface area contributed by atoms with Crippen LogP contribution in [0.1, 0.15) is 31.3 Å². The van der Waals surface area contributed by atoms with Gasteiger partial charge >= 0.3 is 5.97 Å². The molecule has 0 amide bonds. The molecule has 0 spiro atoms. The number of anilines is 2. The molecular formula is C12H19N3O2. The maximum absolute atomic E-state index is 10.9. The summed E-state index contributed by atoms with van der Waals surface area (Å²) in [5, 5.41) is 8.91. The Kier molecular flexibility index (Phi) is 4.31. The van der Waals surface area contributed by atoms with Crippen molar-refractivity contribution in [2.75, 3.05) is 23.7 Å². The third kappa shape index (κ3) is 3.34. The van der Waals surface area contributed by atoms with Gasteiger partial charge in [-0.2, -0.15) is 0 Å². The Bertz CT molecular complexity index is 405. The van der Waals surface area contributed by atoms with E-state index < -0.39 is 5.97 Å². The summed E-state index contributed by atoms with van der Waals surface area (Å²) in [7, 11) is 0. The summed E-state index contributed by atoms with van der Waals surface area (Å²) in [6.07, 6.45) is 0. The van der Waals surface area contributed by atoms with Gasteiger partial charge < -0.3 is 15.7 Å². The molecule has 5 nitrogen and oxygen atoms in total. The molecule has 0 fully saturated rings. The Hall–Kier alpha value is -1.78. The number of hydrogen-bond acceptors (Lipinski definition) is 4. The lowest BCUT2D eigenvalue weighted by molar-refractivity contribution is 0.0690. The Morgan fingerprint density at radius 2 is 2.18 bits per heavy atom. The van der Waals surface area contributed by atoms with E-state index in [9.17, 15) is 4.79 Å². The van der Waals surface area contributed by atoms with Crippen molar-refractivity contribution in [1.82, 2.24) is 4.98 Å². The molecule has 0 unspecified atom stereocenters. The zero-order valence-corrected chi connectivity index (χ0v) is 10.5. The summed E-state index contributed by atoms with van der Waals surface area (Å²) in [5.74, 6) is -0.0161. The van der Waals surface area contributed by atoms with Crippen LogP contribution in [0.2, 0.25) is 0 Å². The van der Waals surface area contributed by atoms with Gasteiger partial charge in [0.1, 0.15) is 0 Å². The van der Waals surface area contributed by atoms with Crippen molar-refractivity contribution in [1.29, 1.82) is 0 Å². The minimum absolute atomic E-state index is 0.0245. The minimum Gasteiger partial charge on any atom is -0.477 e. The molecule has 0 aliphatic rings. The highest BCUT2D eigenvalue weighted by Gasteiger charge is 2.14. The van der Waals surface area contributed by atoms with E-state index in [0.717, 1.165) is 13.1 Å². The average Bonchev–Trinajstić information content (AvgIpc) is 2.26. The molecule has 0 saturated heterocycles. The number of nitrogens with zero attached hydrogens (tertiary/aromatic N) is 2. The lowest BCUT2D eigenvalue weighted by atomic mass is 10.2. The summed E-state index contributed by atoms with van der Waals surface area (Å²) < 4.78 is 0. The maximum atomic E-state index is 10.9. The van der Waals surface area contributed by atoms with E-state index in [1.165, 1.54) is 6.07 Å². The zero-order valence-electron chi connectivity index (χ0n) is 10.5. The van der Waals surface area contributed by atoms with Crippen LogP contribution in [-0.4, -0.2) is 29.1 Å². The highest BCUT2D eigenvalue weighted by molar-refractivity contribution is 5.86. The monoisotopic (exact) mass is 237 g/mol. The predicted octanol–water partition coefficient (Wildman–Crippen LogP) is 1.84. The number of carboxylic acid groups (broad SMARTS) is 1. The van der Waals surface area contributed by atoms with E-state index >= 15 is 0 Å². The first-order valence-corrected chi connectivity index (χ1v) is 5.70. The van der Waals surface area contributed by atoms with Gasteiger partial charge in [-0.15, -0.1) is 0 Å². The second-order valence-corrected chi connectivity index (χ2v) is 4.35. The van der Waals surface area contributed by atoms with Crippen molar-refractivity contribution in [2.24, 2.45) is 5.92 Å². The molecule has 0 aromatic carbocycles. The third-order valence-corrected chi connectivity index (χ3v) is 2.39. The van der Waals surface area contributed by atoms with E-state index in [1.54, 1.807) is 6.07 Å². The number of aromatic carboxylic acids is 1. The Morgan fingerprint density at radius 1 is 1.53 bits per heavy atom. The fourth-order valence-corrected chi connectivity index (χ4v) is 1.64. The molecule has 0 saturated carbocycles. The molecule has 0 bridgehead atoms. The van der Waals surface area contributed by atoms with E-state index in [4.69, 9.17) is 10.8 Å². The lowest BCUT2D eigenvalue weighted by Gasteiger charge is -2.25. The van der Waals surface area contributed by atoms with E-state index in [-0.39, 0.29) is 5.69 Å². The molecule has 0 aliphatic heterocycles. The van der Waals surface area contributed by atoms with Gasteiger partial charge in [-0.25, -0.2) is 9.78 Å². The number of nitrogen functional groups attached to an aromatic ring is 1. The standard InChI is InChI=1S/C12H19N3O2/c1-4-15(7-8(2)3)11-9(13)5-6-10(14-11)12(16)17/h5-6,8H,4,7,13H2,1-3H3,(H,16,17). The number of pyridine rings is 1. The highest BCUT2D eigenvalue weighted by atomic mass is 16.4. The van der Waals surface area contributed by atoms with Crippen molar-refractivity contribution in [3.63, 3.8) is 0 Å². The van der Waals surface area contributed by atoms with Crippen LogP contribution in [0, 0.1) is 5.92 Å². The zero-order chi connectivity index (χ0) is 13.0. The lowest BCUT2D eigenvalue weighted by Crippen LogP contribution is -2.29. The molecule has 17 heavy (non-hydrogen) atoms. The van der Waals surface area contributed by atoms with Crippen LogP contribution in [0.4, 0.5) is 11.5 Å².